The van der Waals surface area contributed by atoms with Crippen LogP contribution in [0.2, 0.25) is 10.0 Å². The summed E-state index contributed by atoms with van der Waals surface area (Å²) in [6.45, 7) is 0.406. The highest BCUT2D eigenvalue weighted by molar-refractivity contribution is 6.31. The topological polar surface area (TPSA) is 55.8 Å². The number of esters is 1. The van der Waals surface area contributed by atoms with Crippen molar-refractivity contribution in [3.05, 3.63) is 99.3 Å². The van der Waals surface area contributed by atoms with E-state index >= 15 is 4.39 Å². The van der Waals surface area contributed by atoms with Gasteiger partial charge < -0.3 is 14.4 Å². The number of carbonyl (C=O) groups excluding carboxylic acids is 2. The number of halogens is 3. The molecular formula is C26H22Cl2FNO4. The van der Waals surface area contributed by atoms with E-state index in [4.69, 9.17) is 32.7 Å². The van der Waals surface area contributed by atoms with Gasteiger partial charge in [0.15, 0.2) is 17.7 Å². The second-order valence-electron chi connectivity index (χ2n) is 7.90. The van der Waals surface area contributed by atoms with Gasteiger partial charge in [-0.2, -0.15) is 0 Å². The molecule has 176 valence electrons. The normalized spacial score (nSPS) is 16.2. The Morgan fingerprint density at radius 1 is 1.06 bits per heavy atom. The number of nitrogens with zero attached hydrogens (tertiary/aromatic N) is 1. The van der Waals surface area contributed by atoms with Crippen molar-refractivity contribution < 1.29 is 23.5 Å². The van der Waals surface area contributed by atoms with Gasteiger partial charge >= 0.3 is 5.97 Å². The number of carbonyl (C=O) groups is 2. The molecule has 0 radical (unpaired) electrons. The van der Waals surface area contributed by atoms with Crippen molar-refractivity contribution in [2.24, 2.45) is 0 Å². The lowest BCUT2D eigenvalue weighted by atomic mass is 10.0. The van der Waals surface area contributed by atoms with E-state index in [0.29, 0.717) is 35.0 Å². The third-order valence-corrected chi connectivity index (χ3v) is 6.37. The molecule has 0 aliphatic carbocycles. The van der Waals surface area contributed by atoms with Crippen LogP contribution in [0, 0.1) is 5.82 Å². The van der Waals surface area contributed by atoms with Crippen LogP contribution in [0.1, 0.15) is 40.4 Å². The van der Waals surface area contributed by atoms with Crippen LogP contribution in [-0.2, 0) is 9.53 Å². The van der Waals surface area contributed by atoms with Gasteiger partial charge in [-0.05, 0) is 54.8 Å². The number of amides is 1. The molecule has 0 spiro atoms. The first-order valence-corrected chi connectivity index (χ1v) is 11.5. The van der Waals surface area contributed by atoms with Crippen molar-refractivity contribution in [2.45, 2.75) is 25.0 Å². The van der Waals surface area contributed by atoms with E-state index in [1.807, 2.05) is 6.07 Å². The van der Waals surface area contributed by atoms with Crippen LogP contribution in [-0.4, -0.2) is 36.5 Å². The lowest BCUT2D eigenvalue weighted by Gasteiger charge is -2.24. The number of hydrogen-bond donors (Lipinski definition) is 0. The van der Waals surface area contributed by atoms with Crippen LogP contribution in [0.3, 0.4) is 0 Å². The van der Waals surface area contributed by atoms with E-state index in [1.165, 1.54) is 24.1 Å². The van der Waals surface area contributed by atoms with Gasteiger partial charge in [0.1, 0.15) is 6.04 Å². The zero-order chi connectivity index (χ0) is 24.2. The summed E-state index contributed by atoms with van der Waals surface area (Å²) in [7, 11) is 1.28. The molecule has 8 heteroatoms. The van der Waals surface area contributed by atoms with Gasteiger partial charge in [0, 0.05) is 27.7 Å². The molecule has 1 aliphatic heterocycles. The Morgan fingerprint density at radius 2 is 1.79 bits per heavy atom. The number of methoxy groups -OCH3 is 1. The predicted octanol–water partition coefficient (Wildman–Crippen LogP) is 6.08. The van der Waals surface area contributed by atoms with E-state index in [-0.39, 0.29) is 11.3 Å². The molecule has 4 rings (SSSR count). The molecule has 5 nitrogen and oxygen atoms in total. The smallest absolute Gasteiger partial charge is 0.328 e. The van der Waals surface area contributed by atoms with Crippen LogP contribution in [0.4, 0.5) is 4.39 Å². The largest absolute Gasteiger partial charge is 0.478 e. The first-order valence-electron chi connectivity index (χ1n) is 10.7. The second kappa shape index (κ2) is 10.5. The Bertz CT molecular complexity index is 1200. The van der Waals surface area contributed by atoms with Crippen molar-refractivity contribution in [1.29, 1.82) is 0 Å². The Labute approximate surface area is 207 Å². The van der Waals surface area contributed by atoms with Crippen molar-refractivity contribution in [2.75, 3.05) is 13.7 Å². The molecule has 1 amide bonds. The molecule has 0 aromatic heterocycles. The zero-order valence-corrected chi connectivity index (χ0v) is 19.9. The standard InChI is InChI=1S/C26H22Cl2FNO4/c1-33-26(32)22-7-4-14-30(22)25(31)17-10-13-23(21(29)15-17)34-24(16-8-11-18(27)12-9-16)19-5-2-3-6-20(19)28/h2-3,5-6,8-13,15,22,24H,4,7,14H2,1H3. The first kappa shape index (κ1) is 24.0. The number of hydrogen-bond acceptors (Lipinski definition) is 4. The van der Waals surface area contributed by atoms with Gasteiger partial charge in [0.25, 0.3) is 5.91 Å². The summed E-state index contributed by atoms with van der Waals surface area (Å²) in [5.41, 5.74) is 1.51. The van der Waals surface area contributed by atoms with Crippen LogP contribution in [0.25, 0.3) is 0 Å². The van der Waals surface area contributed by atoms with Gasteiger partial charge in [0.05, 0.1) is 7.11 Å². The number of ether oxygens (including phenoxy) is 2. The molecule has 3 aromatic carbocycles. The van der Waals surface area contributed by atoms with E-state index in [2.05, 4.69) is 0 Å². The molecular weight excluding hydrogens is 480 g/mol. The lowest BCUT2D eigenvalue weighted by Crippen LogP contribution is -2.41. The predicted molar refractivity (Wildman–Crippen MR) is 128 cm³/mol. The molecule has 3 aromatic rings. The van der Waals surface area contributed by atoms with Crippen molar-refractivity contribution in [3.8, 4) is 5.75 Å². The monoisotopic (exact) mass is 501 g/mol. The summed E-state index contributed by atoms with van der Waals surface area (Å²) in [6, 6.07) is 17.5. The minimum atomic E-state index is -0.704. The molecule has 2 atom stereocenters. The molecule has 1 fully saturated rings. The highest BCUT2D eigenvalue weighted by Crippen LogP contribution is 2.34. The number of benzene rings is 3. The Kier molecular flexibility index (Phi) is 7.39. The number of likely N-dealkylation sites (tertiary alicyclic amines) is 1. The summed E-state index contributed by atoms with van der Waals surface area (Å²) in [5.74, 6) is -1.65. The fraction of sp³-hybridized carbons (Fsp3) is 0.231. The summed E-state index contributed by atoms with van der Waals surface area (Å²) in [5, 5.41) is 1.03. The molecule has 0 N–H and O–H groups in total. The Morgan fingerprint density at radius 3 is 2.47 bits per heavy atom. The van der Waals surface area contributed by atoms with E-state index in [0.717, 1.165) is 11.6 Å². The van der Waals surface area contributed by atoms with Crippen LogP contribution in [0.5, 0.6) is 5.75 Å². The van der Waals surface area contributed by atoms with Gasteiger partial charge in [-0.15, -0.1) is 0 Å². The Balaban J connectivity index is 1.62. The van der Waals surface area contributed by atoms with Crippen LogP contribution >= 0.6 is 23.2 Å². The third-order valence-electron chi connectivity index (χ3n) is 5.77. The van der Waals surface area contributed by atoms with Crippen LogP contribution < -0.4 is 4.74 Å². The van der Waals surface area contributed by atoms with Gasteiger partial charge in [0.2, 0.25) is 0 Å². The number of rotatable bonds is 6. The Hall–Kier alpha value is -3.09. The lowest BCUT2D eigenvalue weighted by molar-refractivity contribution is -0.145. The summed E-state index contributed by atoms with van der Waals surface area (Å²) in [6.07, 6.45) is 0.489. The average Bonchev–Trinajstić information content (AvgIpc) is 3.33. The minimum Gasteiger partial charge on any atom is -0.478 e. The van der Waals surface area contributed by atoms with Crippen molar-refractivity contribution in [1.82, 2.24) is 4.90 Å². The van der Waals surface area contributed by atoms with Crippen LogP contribution in [0.15, 0.2) is 66.7 Å². The van der Waals surface area contributed by atoms with Gasteiger partial charge in [-0.1, -0.05) is 53.5 Å². The summed E-state index contributed by atoms with van der Waals surface area (Å²) in [4.78, 5) is 26.4. The molecule has 0 bridgehead atoms. The maximum atomic E-state index is 15.1. The molecule has 1 heterocycles. The van der Waals surface area contributed by atoms with Crippen molar-refractivity contribution >= 4 is 35.1 Å². The highest BCUT2D eigenvalue weighted by Gasteiger charge is 2.35. The van der Waals surface area contributed by atoms with E-state index in [1.54, 1.807) is 42.5 Å². The van der Waals surface area contributed by atoms with Gasteiger partial charge in [-0.25, -0.2) is 9.18 Å². The molecule has 1 aliphatic rings. The third kappa shape index (κ3) is 5.03. The first-order chi connectivity index (χ1) is 16.4. The zero-order valence-electron chi connectivity index (χ0n) is 18.3. The highest BCUT2D eigenvalue weighted by atomic mass is 35.5. The van der Waals surface area contributed by atoms with E-state index < -0.39 is 29.8 Å². The summed E-state index contributed by atoms with van der Waals surface area (Å²) < 4.78 is 26.0. The molecule has 0 saturated carbocycles. The van der Waals surface area contributed by atoms with Crippen molar-refractivity contribution in [3.63, 3.8) is 0 Å². The fourth-order valence-corrected chi connectivity index (χ4v) is 4.41. The average molecular weight is 502 g/mol. The maximum absolute atomic E-state index is 15.1. The molecule has 2 unspecified atom stereocenters. The fourth-order valence-electron chi connectivity index (χ4n) is 4.05. The van der Waals surface area contributed by atoms with Gasteiger partial charge in [-0.3, -0.25) is 4.79 Å². The maximum Gasteiger partial charge on any atom is 0.328 e. The minimum absolute atomic E-state index is 0.0395. The van der Waals surface area contributed by atoms with E-state index in [9.17, 15) is 9.59 Å². The second-order valence-corrected chi connectivity index (χ2v) is 8.74. The molecule has 1 saturated heterocycles. The molecule has 34 heavy (non-hydrogen) atoms. The quantitative estimate of drug-likeness (QED) is 0.384. The summed E-state index contributed by atoms with van der Waals surface area (Å²) >= 11 is 12.4. The SMILES string of the molecule is COC(=O)C1CCCN1C(=O)c1ccc(OC(c2ccc(Cl)cc2)c2ccccc2Cl)c(F)c1.